The molecule has 0 aromatic carbocycles. The third kappa shape index (κ3) is 1.68. The van der Waals surface area contributed by atoms with Crippen LogP contribution in [0.5, 0.6) is 5.88 Å². The minimum absolute atomic E-state index is 0.203. The second kappa shape index (κ2) is 3.90. The molecule has 0 unspecified atom stereocenters. The smallest absolute Gasteiger partial charge is 0.234 e. The molecule has 4 aliphatic rings. The minimum atomic E-state index is 0.203. The van der Waals surface area contributed by atoms with Gasteiger partial charge in [0.1, 0.15) is 5.82 Å². The molecule has 19 heavy (non-hydrogen) atoms. The van der Waals surface area contributed by atoms with Crippen LogP contribution in [0.2, 0.25) is 0 Å². The van der Waals surface area contributed by atoms with Gasteiger partial charge in [-0.25, -0.2) is 4.68 Å². The zero-order valence-corrected chi connectivity index (χ0v) is 11.6. The summed E-state index contributed by atoms with van der Waals surface area (Å²) in [6, 6.07) is 1.89. The topological polar surface area (TPSA) is 53.1 Å². The van der Waals surface area contributed by atoms with E-state index in [1.807, 2.05) is 13.0 Å². The highest BCUT2D eigenvalue weighted by molar-refractivity contribution is 5.36. The number of hydrogen-bond donors (Lipinski definition) is 1. The molecule has 1 heterocycles. The average molecular weight is 261 g/mol. The Morgan fingerprint density at radius 2 is 1.84 bits per heavy atom. The van der Waals surface area contributed by atoms with E-state index in [4.69, 9.17) is 10.5 Å². The van der Waals surface area contributed by atoms with E-state index >= 15 is 0 Å². The Morgan fingerprint density at radius 3 is 2.37 bits per heavy atom. The lowest BCUT2D eigenvalue weighted by molar-refractivity contribution is -0.0485. The number of nitrogen functional groups attached to an aromatic ring is 1. The summed E-state index contributed by atoms with van der Waals surface area (Å²) in [6.45, 7) is 2.64. The molecule has 5 rings (SSSR count). The number of ether oxygens (including phenoxy) is 1. The van der Waals surface area contributed by atoms with E-state index in [-0.39, 0.29) is 5.54 Å². The Morgan fingerprint density at radius 1 is 1.26 bits per heavy atom. The molecule has 4 nitrogen and oxygen atoms in total. The van der Waals surface area contributed by atoms with Crippen molar-refractivity contribution in [3.05, 3.63) is 6.07 Å². The Hall–Kier alpha value is -1.19. The van der Waals surface area contributed by atoms with Gasteiger partial charge in [-0.1, -0.05) is 0 Å². The summed E-state index contributed by atoms with van der Waals surface area (Å²) in [4.78, 5) is 0. The Bertz CT molecular complexity index is 458. The maximum atomic E-state index is 6.21. The number of rotatable bonds is 3. The highest BCUT2D eigenvalue weighted by atomic mass is 16.5. The largest absolute Gasteiger partial charge is 0.477 e. The Balaban J connectivity index is 1.71. The molecule has 1 aromatic heterocycles. The number of nitrogens with zero attached hydrogens (tertiary/aromatic N) is 2. The Kier molecular flexibility index (Phi) is 2.39. The summed E-state index contributed by atoms with van der Waals surface area (Å²) < 4.78 is 7.63. The zero-order chi connectivity index (χ0) is 13.0. The van der Waals surface area contributed by atoms with Gasteiger partial charge >= 0.3 is 0 Å². The molecule has 4 fully saturated rings. The lowest BCUT2D eigenvalue weighted by atomic mass is 9.53. The molecule has 4 heteroatoms. The number of anilines is 1. The molecule has 2 N–H and O–H groups in total. The molecule has 0 aliphatic heterocycles. The van der Waals surface area contributed by atoms with Crippen molar-refractivity contribution >= 4 is 5.82 Å². The van der Waals surface area contributed by atoms with Gasteiger partial charge in [-0.3, -0.25) is 0 Å². The van der Waals surface area contributed by atoms with Crippen LogP contribution in [0.25, 0.3) is 0 Å². The van der Waals surface area contributed by atoms with Crippen LogP contribution in [-0.4, -0.2) is 16.4 Å². The fourth-order valence-electron chi connectivity index (χ4n) is 5.30. The van der Waals surface area contributed by atoms with E-state index in [2.05, 4.69) is 9.78 Å². The molecule has 4 aliphatic carbocycles. The molecule has 4 bridgehead atoms. The van der Waals surface area contributed by atoms with Gasteiger partial charge in [-0.05, 0) is 63.2 Å². The molecule has 0 saturated heterocycles. The van der Waals surface area contributed by atoms with Crippen LogP contribution in [0.15, 0.2) is 6.07 Å². The van der Waals surface area contributed by atoms with Crippen LogP contribution >= 0.6 is 0 Å². The second-order valence-corrected chi connectivity index (χ2v) is 6.89. The molecule has 4 saturated carbocycles. The van der Waals surface area contributed by atoms with Crippen molar-refractivity contribution < 1.29 is 4.74 Å². The van der Waals surface area contributed by atoms with Gasteiger partial charge in [0.05, 0.1) is 12.1 Å². The quantitative estimate of drug-likeness (QED) is 0.910. The van der Waals surface area contributed by atoms with Crippen LogP contribution in [0.3, 0.4) is 0 Å². The number of nitrogens with two attached hydrogens (primary N) is 1. The van der Waals surface area contributed by atoms with Gasteiger partial charge in [0.25, 0.3) is 0 Å². The summed E-state index contributed by atoms with van der Waals surface area (Å²) in [6.07, 6.45) is 8.15. The van der Waals surface area contributed by atoms with Gasteiger partial charge in [-0.2, -0.15) is 0 Å². The first-order chi connectivity index (χ1) is 9.18. The first kappa shape index (κ1) is 11.6. The Labute approximate surface area is 114 Å². The minimum Gasteiger partial charge on any atom is -0.477 e. The zero-order valence-electron chi connectivity index (χ0n) is 11.6. The van der Waals surface area contributed by atoms with E-state index in [1.165, 1.54) is 38.5 Å². The maximum absolute atomic E-state index is 6.21. The van der Waals surface area contributed by atoms with Crippen LogP contribution in [0.1, 0.15) is 45.4 Å². The van der Waals surface area contributed by atoms with Gasteiger partial charge < -0.3 is 10.5 Å². The van der Waals surface area contributed by atoms with E-state index in [9.17, 15) is 0 Å². The van der Waals surface area contributed by atoms with Crippen molar-refractivity contribution in [1.29, 1.82) is 0 Å². The van der Waals surface area contributed by atoms with Crippen LogP contribution in [-0.2, 0) is 5.54 Å². The molecule has 104 valence electrons. The van der Waals surface area contributed by atoms with Gasteiger partial charge in [0, 0.05) is 6.07 Å². The highest BCUT2D eigenvalue weighted by Crippen LogP contribution is 2.59. The SMILES string of the molecule is CCOc1cc(N)n(C23CC4CC(CC(C4)C2)C3)n1. The van der Waals surface area contributed by atoms with Crippen molar-refractivity contribution in [2.45, 2.75) is 51.0 Å². The molecular formula is C15H23N3O. The van der Waals surface area contributed by atoms with Gasteiger partial charge in [0.15, 0.2) is 0 Å². The van der Waals surface area contributed by atoms with Gasteiger partial charge in [0.2, 0.25) is 5.88 Å². The summed E-state index contributed by atoms with van der Waals surface area (Å²) in [7, 11) is 0. The fraction of sp³-hybridized carbons (Fsp3) is 0.800. The van der Waals surface area contributed by atoms with E-state index in [0.717, 1.165) is 23.6 Å². The van der Waals surface area contributed by atoms with Crippen LogP contribution in [0.4, 0.5) is 5.82 Å². The first-order valence-corrected chi connectivity index (χ1v) is 7.67. The third-order valence-corrected chi connectivity index (χ3v) is 5.46. The van der Waals surface area contributed by atoms with E-state index in [1.54, 1.807) is 0 Å². The fourth-order valence-corrected chi connectivity index (χ4v) is 5.30. The summed E-state index contributed by atoms with van der Waals surface area (Å²) in [5.41, 5.74) is 6.42. The van der Waals surface area contributed by atoms with Gasteiger partial charge in [-0.15, -0.1) is 5.10 Å². The third-order valence-electron chi connectivity index (χ3n) is 5.46. The molecule has 0 atom stereocenters. The summed E-state index contributed by atoms with van der Waals surface area (Å²) in [5, 5.41) is 4.66. The second-order valence-electron chi connectivity index (χ2n) is 6.89. The summed E-state index contributed by atoms with van der Waals surface area (Å²) in [5.74, 6) is 4.20. The predicted molar refractivity (Wildman–Crippen MR) is 74.0 cm³/mol. The molecule has 1 aromatic rings. The van der Waals surface area contributed by atoms with Crippen molar-refractivity contribution in [3.8, 4) is 5.88 Å². The monoisotopic (exact) mass is 261 g/mol. The van der Waals surface area contributed by atoms with Crippen molar-refractivity contribution in [1.82, 2.24) is 9.78 Å². The number of hydrogen-bond acceptors (Lipinski definition) is 3. The molecule has 0 amide bonds. The van der Waals surface area contributed by atoms with Crippen molar-refractivity contribution in [2.24, 2.45) is 17.8 Å². The maximum Gasteiger partial charge on any atom is 0.234 e. The average Bonchev–Trinajstić information content (AvgIpc) is 2.70. The molecule has 0 spiro atoms. The van der Waals surface area contributed by atoms with E-state index < -0.39 is 0 Å². The summed E-state index contributed by atoms with van der Waals surface area (Å²) >= 11 is 0. The lowest BCUT2D eigenvalue weighted by Crippen LogP contribution is -2.52. The number of aromatic nitrogens is 2. The molecular weight excluding hydrogens is 238 g/mol. The van der Waals surface area contributed by atoms with E-state index in [0.29, 0.717) is 12.5 Å². The van der Waals surface area contributed by atoms with Crippen LogP contribution < -0.4 is 10.5 Å². The van der Waals surface area contributed by atoms with Crippen LogP contribution in [0, 0.1) is 17.8 Å². The van der Waals surface area contributed by atoms with Crippen molar-refractivity contribution in [3.63, 3.8) is 0 Å². The first-order valence-electron chi connectivity index (χ1n) is 7.67. The lowest BCUT2D eigenvalue weighted by Gasteiger charge is -2.56. The molecule has 0 radical (unpaired) electrons. The standard InChI is InChI=1S/C15H23N3O/c1-2-19-14-6-13(16)18(17-14)15-7-10-3-11(8-15)5-12(4-10)9-15/h6,10-12H,2-5,7-9,16H2,1H3. The predicted octanol–water partition coefficient (Wildman–Crippen LogP) is 2.79. The van der Waals surface area contributed by atoms with Crippen molar-refractivity contribution in [2.75, 3.05) is 12.3 Å². The normalized spacial score (nSPS) is 39.7. The highest BCUT2D eigenvalue weighted by Gasteiger charge is 2.53.